The molecule has 0 amide bonds. The SMILES string of the molecule is Cc1nc(C)c(C(C)NCc2csc3ccccc23)s1. The molecule has 3 rings (SSSR count). The second kappa shape index (κ2) is 5.64. The maximum atomic E-state index is 4.51. The third-order valence-electron chi connectivity index (χ3n) is 3.49. The van der Waals surface area contributed by atoms with E-state index in [2.05, 4.69) is 60.7 Å². The average molecular weight is 302 g/mol. The van der Waals surface area contributed by atoms with Gasteiger partial charge in [0, 0.05) is 22.2 Å². The molecule has 0 aliphatic rings. The zero-order valence-corrected chi connectivity index (χ0v) is 13.6. The highest BCUT2D eigenvalue weighted by molar-refractivity contribution is 7.17. The van der Waals surface area contributed by atoms with Crippen LogP contribution in [-0.2, 0) is 6.54 Å². The molecule has 2 nitrogen and oxygen atoms in total. The summed E-state index contributed by atoms with van der Waals surface area (Å²) in [7, 11) is 0. The molecule has 1 atom stereocenters. The maximum absolute atomic E-state index is 4.51. The molecule has 1 unspecified atom stereocenters. The molecule has 0 spiro atoms. The van der Waals surface area contributed by atoms with E-state index in [1.54, 1.807) is 11.3 Å². The van der Waals surface area contributed by atoms with Gasteiger partial charge in [0.15, 0.2) is 0 Å². The Balaban J connectivity index is 1.74. The molecule has 20 heavy (non-hydrogen) atoms. The van der Waals surface area contributed by atoms with Gasteiger partial charge in [0.2, 0.25) is 0 Å². The zero-order chi connectivity index (χ0) is 14.1. The number of benzene rings is 1. The molecule has 0 bridgehead atoms. The van der Waals surface area contributed by atoms with Crippen LogP contribution in [-0.4, -0.2) is 4.98 Å². The van der Waals surface area contributed by atoms with Crippen LogP contribution < -0.4 is 5.32 Å². The number of hydrogen-bond acceptors (Lipinski definition) is 4. The number of aryl methyl sites for hydroxylation is 2. The molecule has 2 heterocycles. The van der Waals surface area contributed by atoms with E-state index in [-0.39, 0.29) is 0 Å². The minimum atomic E-state index is 0.347. The number of thiazole rings is 1. The van der Waals surface area contributed by atoms with Crippen LogP contribution in [0.15, 0.2) is 29.6 Å². The van der Waals surface area contributed by atoms with Crippen molar-refractivity contribution in [2.24, 2.45) is 0 Å². The first-order valence-electron chi connectivity index (χ1n) is 6.77. The normalized spacial score (nSPS) is 12.9. The van der Waals surface area contributed by atoms with Crippen LogP contribution in [0, 0.1) is 13.8 Å². The first-order chi connectivity index (χ1) is 9.65. The lowest BCUT2D eigenvalue weighted by atomic mass is 10.1. The van der Waals surface area contributed by atoms with E-state index in [0.717, 1.165) is 17.2 Å². The number of thiophene rings is 1. The van der Waals surface area contributed by atoms with Gasteiger partial charge < -0.3 is 5.32 Å². The van der Waals surface area contributed by atoms with Crippen molar-refractivity contribution in [2.45, 2.75) is 33.4 Å². The third kappa shape index (κ3) is 2.64. The molecule has 0 saturated heterocycles. The van der Waals surface area contributed by atoms with Crippen molar-refractivity contribution in [1.29, 1.82) is 0 Å². The van der Waals surface area contributed by atoms with Crippen molar-refractivity contribution in [3.8, 4) is 0 Å². The van der Waals surface area contributed by atoms with Crippen LogP contribution in [0.2, 0.25) is 0 Å². The Kier molecular flexibility index (Phi) is 3.87. The molecular formula is C16H18N2S2. The number of nitrogens with one attached hydrogen (secondary N) is 1. The van der Waals surface area contributed by atoms with Crippen molar-refractivity contribution in [3.05, 3.63) is 50.8 Å². The van der Waals surface area contributed by atoms with Crippen LogP contribution in [0.4, 0.5) is 0 Å². The summed E-state index contributed by atoms with van der Waals surface area (Å²) in [5, 5.41) is 8.40. The first kappa shape index (κ1) is 13.7. The number of aromatic nitrogens is 1. The molecule has 0 fully saturated rings. The van der Waals surface area contributed by atoms with E-state index in [1.165, 1.54) is 20.5 Å². The van der Waals surface area contributed by atoms with E-state index in [0.29, 0.717) is 6.04 Å². The standard InChI is InChI=1S/C16H18N2S2/c1-10(16-11(2)18-12(3)20-16)17-8-13-9-19-15-7-5-4-6-14(13)15/h4-7,9-10,17H,8H2,1-3H3. The van der Waals surface area contributed by atoms with Crippen molar-refractivity contribution < 1.29 is 0 Å². The smallest absolute Gasteiger partial charge is 0.0900 e. The van der Waals surface area contributed by atoms with Gasteiger partial charge in [-0.1, -0.05) is 18.2 Å². The van der Waals surface area contributed by atoms with E-state index < -0.39 is 0 Å². The second-order valence-electron chi connectivity index (χ2n) is 5.04. The zero-order valence-electron chi connectivity index (χ0n) is 11.9. The Morgan fingerprint density at radius 3 is 2.80 bits per heavy atom. The van der Waals surface area contributed by atoms with Gasteiger partial charge >= 0.3 is 0 Å². The monoisotopic (exact) mass is 302 g/mol. The summed E-state index contributed by atoms with van der Waals surface area (Å²) in [6.45, 7) is 7.29. The van der Waals surface area contributed by atoms with E-state index in [1.807, 2.05) is 11.3 Å². The number of nitrogens with zero attached hydrogens (tertiary/aromatic N) is 1. The molecule has 1 N–H and O–H groups in total. The van der Waals surface area contributed by atoms with Crippen LogP contribution in [0.25, 0.3) is 10.1 Å². The number of rotatable bonds is 4. The second-order valence-corrected chi connectivity index (χ2v) is 7.19. The molecule has 3 aromatic rings. The predicted octanol–water partition coefficient (Wildman–Crippen LogP) is 4.83. The molecular weight excluding hydrogens is 284 g/mol. The summed E-state index contributed by atoms with van der Waals surface area (Å²) < 4.78 is 1.36. The topological polar surface area (TPSA) is 24.9 Å². The van der Waals surface area contributed by atoms with Gasteiger partial charge in [-0.15, -0.1) is 22.7 Å². The summed E-state index contributed by atoms with van der Waals surface area (Å²) in [5.74, 6) is 0. The lowest BCUT2D eigenvalue weighted by Gasteiger charge is -2.12. The van der Waals surface area contributed by atoms with Crippen molar-refractivity contribution in [2.75, 3.05) is 0 Å². The summed E-state index contributed by atoms with van der Waals surface area (Å²) >= 11 is 3.61. The van der Waals surface area contributed by atoms with Gasteiger partial charge in [0.1, 0.15) is 0 Å². The highest BCUT2D eigenvalue weighted by Gasteiger charge is 2.13. The fourth-order valence-corrected chi connectivity index (χ4v) is 4.39. The molecule has 4 heteroatoms. The number of hydrogen-bond donors (Lipinski definition) is 1. The highest BCUT2D eigenvalue weighted by Crippen LogP contribution is 2.28. The lowest BCUT2D eigenvalue weighted by molar-refractivity contribution is 0.582. The minimum Gasteiger partial charge on any atom is -0.305 e. The quantitative estimate of drug-likeness (QED) is 0.747. The Bertz CT molecular complexity index is 727. The largest absolute Gasteiger partial charge is 0.305 e. The summed E-state index contributed by atoms with van der Waals surface area (Å²) in [5.41, 5.74) is 2.54. The fraction of sp³-hybridized carbons (Fsp3) is 0.312. The van der Waals surface area contributed by atoms with Gasteiger partial charge in [0.05, 0.1) is 10.7 Å². The van der Waals surface area contributed by atoms with Gasteiger partial charge in [-0.2, -0.15) is 0 Å². The van der Waals surface area contributed by atoms with E-state index >= 15 is 0 Å². The van der Waals surface area contributed by atoms with Gasteiger partial charge in [-0.25, -0.2) is 4.98 Å². The Hall–Kier alpha value is -1.23. The molecule has 0 radical (unpaired) electrons. The van der Waals surface area contributed by atoms with Crippen LogP contribution >= 0.6 is 22.7 Å². The summed E-state index contributed by atoms with van der Waals surface area (Å²) in [6.07, 6.45) is 0. The molecule has 0 aliphatic heterocycles. The van der Waals surface area contributed by atoms with Crippen LogP contribution in [0.3, 0.4) is 0 Å². The molecule has 0 aliphatic carbocycles. The first-order valence-corrected chi connectivity index (χ1v) is 8.47. The summed E-state index contributed by atoms with van der Waals surface area (Å²) in [6, 6.07) is 8.94. The fourth-order valence-electron chi connectivity index (χ4n) is 2.47. The number of fused-ring (bicyclic) bond motifs is 1. The Morgan fingerprint density at radius 1 is 1.25 bits per heavy atom. The van der Waals surface area contributed by atoms with Gasteiger partial charge in [-0.05, 0) is 43.2 Å². The Morgan fingerprint density at radius 2 is 2.05 bits per heavy atom. The maximum Gasteiger partial charge on any atom is 0.0900 e. The van der Waals surface area contributed by atoms with Crippen LogP contribution in [0.5, 0.6) is 0 Å². The van der Waals surface area contributed by atoms with Crippen molar-refractivity contribution >= 4 is 32.8 Å². The minimum absolute atomic E-state index is 0.347. The molecule has 104 valence electrons. The molecule has 0 saturated carbocycles. The van der Waals surface area contributed by atoms with Gasteiger partial charge in [0.25, 0.3) is 0 Å². The highest BCUT2D eigenvalue weighted by atomic mass is 32.1. The molecule has 1 aromatic carbocycles. The average Bonchev–Trinajstić information content (AvgIpc) is 2.99. The van der Waals surface area contributed by atoms with Crippen molar-refractivity contribution in [1.82, 2.24) is 10.3 Å². The third-order valence-corrected chi connectivity index (χ3v) is 5.76. The van der Waals surface area contributed by atoms with Crippen LogP contribution in [0.1, 0.15) is 34.1 Å². The molecule has 2 aromatic heterocycles. The predicted molar refractivity (Wildman–Crippen MR) is 88.7 cm³/mol. The van der Waals surface area contributed by atoms with Crippen molar-refractivity contribution in [3.63, 3.8) is 0 Å². The van der Waals surface area contributed by atoms with Gasteiger partial charge in [-0.3, -0.25) is 0 Å². The Labute approximate surface area is 127 Å². The van der Waals surface area contributed by atoms with E-state index in [4.69, 9.17) is 0 Å². The van der Waals surface area contributed by atoms with E-state index in [9.17, 15) is 0 Å². The summed E-state index contributed by atoms with van der Waals surface area (Å²) in [4.78, 5) is 5.86. The lowest BCUT2D eigenvalue weighted by Crippen LogP contribution is -2.17.